The van der Waals surface area contributed by atoms with Gasteiger partial charge in [0.05, 0.1) is 7.11 Å². The van der Waals surface area contributed by atoms with Crippen LogP contribution in [0, 0.1) is 0 Å². The molecule has 10 heavy (non-hydrogen) atoms. The topological polar surface area (TPSA) is 21.6 Å². The molecule has 0 aromatic heterocycles. The Balaban J connectivity index is 3.78. The molecule has 0 aromatic rings. The fraction of sp³-hybridized carbons (Fsp3) is 0.625. The van der Waals surface area contributed by atoms with Gasteiger partial charge < -0.3 is 4.74 Å². The first-order valence-corrected chi connectivity index (χ1v) is 3.57. The van der Waals surface area contributed by atoms with Gasteiger partial charge in [-0.2, -0.15) is 0 Å². The van der Waals surface area contributed by atoms with E-state index in [1.54, 1.807) is 13.3 Å². The summed E-state index contributed by atoms with van der Waals surface area (Å²) >= 11 is 0. The van der Waals surface area contributed by atoms with Crippen molar-refractivity contribution in [1.29, 1.82) is 0 Å². The van der Waals surface area contributed by atoms with Crippen LogP contribution in [-0.2, 0) is 4.74 Å². The zero-order valence-corrected chi connectivity index (χ0v) is 6.92. The van der Waals surface area contributed by atoms with Gasteiger partial charge >= 0.3 is 0 Å². The lowest BCUT2D eigenvalue weighted by atomic mass is 10.3. The van der Waals surface area contributed by atoms with E-state index in [1.165, 1.54) is 0 Å². The summed E-state index contributed by atoms with van der Waals surface area (Å²) in [6.45, 7) is 4.03. The van der Waals surface area contributed by atoms with Crippen molar-refractivity contribution in [3.63, 3.8) is 0 Å². The van der Waals surface area contributed by atoms with E-state index < -0.39 is 0 Å². The summed E-state index contributed by atoms with van der Waals surface area (Å²) in [6.07, 6.45) is 5.62. The molecule has 0 spiro atoms. The smallest absolute Gasteiger partial charge is 0.187 e. The van der Waals surface area contributed by atoms with Gasteiger partial charge in [-0.1, -0.05) is 13.0 Å². The number of hydrogen-bond donors (Lipinski definition) is 0. The second-order valence-corrected chi connectivity index (χ2v) is 1.96. The zero-order chi connectivity index (χ0) is 7.82. The lowest BCUT2D eigenvalue weighted by molar-refractivity contribution is 0.389. The van der Waals surface area contributed by atoms with Crippen LogP contribution in [0.3, 0.4) is 0 Å². The van der Waals surface area contributed by atoms with Crippen molar-refractivity contribution in [2.45, 2.75) is 26.7 Å². The van der Waals surface area contributed by atoms with Gasteiger partial charge in [-0.15, -0.1) is 0 Å². The van der Waals surface area contributed by atoms with Crippen molar-refractivity contribution in [3.8, 4) is 0 Å². The van der Waals surface area contributed by atoms with Gasteiger partial charge in [-0.3, -0.25) is 0 Å². The van der Waals surface area contributed by atoms with Crippen molar-refractivity contribution >= 4 is 5.90 Å². The van der Waals surface area contributed by atoms with Crippen LogP contribution in [0.15, 0.2) is 17.3 Å². The molecule has 0 N–H and O–H groups in total. The number of nitrogens with zero attached hydrogens (tertiary/aromatic N) is 1. The molecule has 0 saturated heterocycles. The molecule has 0 aliphatic carbocycles. The Kier molecular flexibility index (Phi) is 5.83. The van der Waals surface area contributed by atoms with E-state index in [4.69, 9.17) is 4.74 Å². The molecule has 0 saturated carbocycles. The van der Waals surface area contributed by atoms with Crippen molar-refractivity contribution < 1.29 is 4.74 Å². The monoisotopic (exact) mass is 141 g/mol. The number of allylic oxidation sites excluding steroid dienone is 1. The van der Waals surface area contributed by atoms with Crippen LogP contribution < -0.4 is 0 Å². The molecule has 0 radical (unpaired) electrons. The molecule has 0 amide bonds. The van der Waals surface area contributed by atoms with Crippen molar-refractivity contribution in [2.75, 3.05) is 7.11 Å². The Morgan fingerprint density at radius 2 is 2.30 bits per heavy atom. The van der Waals surface area contributed by atoms with E-state index in [0.29, 0.717) is 0 Å². The highest BCUT2D eigenvalue weighted by atomic mass is 16.5. The molecule has 0 aliphatic heterocycles. The number of aliphatic imine (C=N–C) groups is 1. The largest absolute Gasteiger partial charge is 0.484 e. The highest BCUT2D eigenvalue weighted by Gasteiger charge is 1.91. The van der Waals surface area contributed by atoms with E-state index in [1.807, 2.05) is 13.0 Å². The first kappa shape index (κ1) is 9.21. The third-order valence-electron chi connectivity index (χ3n) is 1.07. The minimum atomic E-state index is 0.806. The van der Waals surface area contributed by atoms with Gasteiger partial charge in [0.1, 0.15) is 0 Å². The summed E-state index contributed by atoms with van der Waals surface area (Å²) < 4.78 is 4.99. The molecule has 0 rings (SSSR count). The second kappa shape index (κ2) is 6.33. The van der Waals surface area contributed by atoms with Gasteiger partial charge in [0.2, 0.25) is 0 Å². The number of methoxy groups -OCH3 is 1. The third-order valence-corrected chi connectivity index (χ3v) is 1.07. The van der Waals surface area contributed by atoms with Crippen LogP contribution in [0.1, 0.15) is 26.7 Å². The van der Waals surface area contributed by atoms with E-state index in [0.717, 1.165) is 18.7 Å². The van der Waals surface area contributed by atoms with Gasteiger partial charge in [0.15, 0.2) is 5.90 Å². The maximum Gasteiger partial charge on any atom is 0.187 e. The molecule has 0 heterocycles. The molecule has 2 heteroatoms. The summed E-state index contributed by atoms with van der Waals surface area (Å²) in [7, 11) is 1.65. The molecular formula is C8H15NO. The molecule has 0 fully saturated rings. The maximum absolute atomic E-state index is 4.99. The van der Waals surface area contributed by atoms with Crippen molar-refractivity contribution in [3.05, 3.63) is 12.3 Å². The molecular weight excluding hydrogens is 126 g/mol. The number of ether oxygens (including phenoxy) is 1. The van der Waals surface area contributed by atoms with Gasteiger partial charge in [-0.25, -0.2) is 4.99 Å². The van der Waals surface area contributed by atoms with Crippen LogP contribution in [-0.4, -0.2) is 13.0 Å². The Morgan fingerprint density at radius 3 is 2.70 bits per heavy atom. The van der Waals surface area contributed by atoms with Crippen LogP contribution in [0.4, 0.5) is 0 Å². The summed E-state index contributed by atoms with van der Waals surface area (Å²) in [4.78, 5) is 4.06. The highest BCUT2D eigenvalue weighted by Crippen LogP contribution is 1.93. The molecule has 0 bridgehead atoms. The van der Waals surface area contributed by atoms with Crippen LogP contribution in [0.2, 0.25) is 0 Å². The average Bonchev–Trinajstić information content (AvgIpc) is 1.98. The normalized spacial score (nSPS) is 12.5. The quantitative estimate of drug-likeness (QED) is 0.436. The highest BCUT2D eigenvalue weighted by molar-refractivity contribution is 5.76. The lowest BCUT2D eigenvalue weighted by Crippen LogP contribution is -1.98. The maximum atomic E-state index is 4.99. The van der Waals surface area contributed by atoms with E-state index in [-0.39, 0.29) is 0 Å². The minimum absolute atomic E-state index is 0.806. The lowest BCUT2D eigenvalue weighted by Gasteiger charge is -1.99. The predicted molar refractivity (Wildman–Crippen MR) is 44.2 cm³/mol. The summed E-state index contributed by atoms with van der Waals surface area (Å²) in [5, 5.41) is 0. The molecule has 0 atom stereocenters. The van der Waals surface area contributed by atoms with Gasteiger partial charge in [0, 0.05) is 12.6 Å². The van der Waals surface area contributed by atoms with Crippen molar-refractivity contribution in [1.82, 2.24) is 0 Å². The fourth-order valence-corrected chi connectivity index (χ4v) is 0.591. The van der Waals surface area contributed by atoms with E-state index in [2.05, 4.69) is 11.9 Å². The summed E-state index contributed by atoms with van der Waals surface area (Å²) in [5.41, 5.74) is 0. The number of rotatable bonds is 3. The Morgan fingerprint density at radius 1 is 1.60 bits per heavy atom. The first-order chi connectivity index (χ1) is 4.85. The summed E-state index contributed by atoms with van der Waals surface area (Å²) in [6, 6.07) is 0. The predicted octanol–water partition coefficient (Wildman–Crippen LogP) is 2.37. The fourth-order valence-electron chi connectivity index (χ4n) is 0.591. The van der Waals surface area contributed by atoms with E-state index >= 15 is 0 Å². The molecule has 0 aromatic carbocycles. The average molecular weight is 141 g/mol. The Hall–Kier alpha value is -0.790. The van der Waals surface area contributed by atoms with Crippen molar-refractivity contribution in [2.24, 2.45) is 4.99 Å². The molecule has 58 valence electrons. The molecule has 0 aliphatic rings. The van der Waals surface area contributed by atoms with Crippen LogP contribution >= 0.6 is 0 Å². The molecule has 2 nitrogen and oxygen atoms in total. The zero-order valence-electron chi connectivity index (χ0n) is 6.92. The number of hydrogen-bond acceptors (Lipinski definition) is 2. The molecule has 0 unspecified atom stereocenters. The van der Waals surface area contributed by atoms with Crippen LogP contribution in [0.5, 0.6) is 0 Å². The third kappa shape index (κ3) is 4.13. The second-order valence-electron chi connectivity index (χ2n) is 1.96. The van der Waals surface area contributed by atoms with Gasteiger partial charge in [0.25, 0.3) is 0 Å². The summed E-state index contributed by atoms with van der Waals surface area (Å²) in [5.74, 6) is 0.806. The Labute approximate surface area is 62.6 Å². The van der Waals surface area contributed by atoms with Crippen LogP contribution in [0.25, 0.3) is 0 Å². The van der Waals surface area contributed by atoms with E-state index in [9.17, 15) is 0 Å². The first-order valence-electron chi connectivity index (χ1n) is 3.57. The SMILES string of the molecule is C/C=C/N=C(CCC)OC. The minimum Gasteiger partial charge on any atom is -0.484 e. The Bertz CT molecular complexity index is 127. The van der Waals surface area contributed by atoms with Gasteiger partial charge in [-0.05, 0) is 13.3 Å². The standard InChI is InChI=1S/C8H15NO/c1-4-6-8(10-3)9-7-5-2/h5,7H,4,6H2,1-3H3/b7-5+,9-8?.